The summed E-state index contributed by atoms with van der Waals surface area (Å²) in [6.45, 7) is 5.74. The van der Waals surface area contributed by atoms with Crippen LogP contribution in [0.3, 0.4) is 0 Å². The summed E-state index contributed by atoms with van der Waals surface area (Å²) in [4.78, 5) is 17.4. The van der Waals surface area contributed by atoms with Crippen molar-refractivity contribution in [2.24, 2.45) is 0 Å². The first-order chi connectivity index (χ1) is 15.3. The number of benzene rings is 2. The van der Waals surface area contributed by atoms with Gasteiger partial charge in [0.1, 0.15) is 11.9 Å². The molecule has 0 aliphatic rings. The number of nitrogens with zero attached hydrogens (tertiary/aromatic N) is 4. The molecule has 0 saturated heterocycles. The number of rotatable bonds is 6. The number of aromatic nitrogens is 4. The lowest BCUT2D eigenvalue weighted by atomic mass is 10.0. The van der Waals surface area contributed by atoms with Crippen molar-refractivity contribution in [3.8, 4) is 17.1 Å². The van der Waals surface area contributed by atoms with Gasteiger partial charge in [0, 0.05) is 10.6 Å². The summed E-state index contributed by atoms with van der Waals surface area (Å²) in [6, 6.07) is 12.5. The molecule has 0 aliphatic carbocycles. The summed E-state index contributed by atoms with van der Waals surface area (Å²) in [5.41, 5.74) is 2.66. The van der Waals surface area contributed by atoms with Crippen molar-refractivity contribution in [2.75, 3.05) is 0 Å². The third-order valence-electron chi connectivity index (χ3n) is 4.93. The summed E-state index contributed by atoms with van der Waals surface area (Å²) in [6.07, 6.45) is 1.55. The Balaban J connectivity index is 1.55. The van der Waals surface area contributed by atoms with Crippen LogP contribution in [0.2, 0.25) is 5.02 Å². The van der Waals surface area contributed by atoms with Gasteiger partial charge < -0.3 is 9.84 Å². The molecule has 2 heterocycles. The second-order valence-corrected chi connectivity index (χ2v) is 8.08. The van der Waals surface area contributed by atoms with Crippen LogP contribution < -0.4 is 5.32 Å². The van der Waals surface area contributed by atoms with Crippen molar-refractivity contribution < 1.29 is 13.7 Å². The Morgan fingerprint density at radius 1 is 1.09 bits per heavy atom. The molecule has 0 saturated carbocycles. The lowest BCUT2D eigenvalue weighted by molar-refractivity contribution is 0.0931. The average Bonchev–Trinajstić information content (AvgIpc) is 3.43. The largest absolute Gasteiger partial charge is 0.340 e. The molecule has 7 nitrogen and oxygen atoms in total. The third-order valence-corrected chi connectivity index (χ3v) is 5.18. The van der Waals surface area contributed by atoms with Crippen molar-refractivity contribution in [3.05, 3.63) is 82.7 Å². The maximum atomic E-state index is 13.1. The predicted octanol–water partition coefficient (Wildman–Crippen LogP) is 5.33. The Hall–Kier alpha value is -3.52. The molecule has 0 aliphatic heterocycles. The van der Waals surface area contributed by atoms with Gasteiger partial charge in [-0.2, -0.15) is 10.1 Å². The molecule has 164 valence electrons. The number of hydrogen-bond donors (Lipinski definition) is 1. The first kappa shape index (κ1) is 21.7. The highest BCUT2D eigenvalue weighted by atomic mass is 35.5. The lowest BCUT2D eigenvalue weighted by Crippen LogP contribution is -2.27. The topological polar surface area (TPSA) is 85.8 Å². The zero-order valence-corrected chi connectivity index (χ0v) is 18.5. The minimum Gasteiger partial charge on any atom is -0.340 e. The van der Waals surface area contributed by atoms with E-state index in [4.69, 9.17) is 16.1 Å². The number of carbonyl (C=O) groups is 1. The van der Waals surface area contributed by atoms with E-state index in [1.807, 2.05) is 26.0 Å². The van der Waals surface area contributed by atoms with E-state index in [1.54, 1.807) is 42.1 Å². The molecule has 0 fully saturated rings. The number of halogens is 2. The smallest absolute Gasteiger partial charge is 0.255 e. The molecule has 2 aromatic heterocycles. The van der Waals surface area contributed by atoms with Crippen LogP contribution in [-0.2, 0) is 0 Å². The van der Waals surface area contributed by atoms with E-state index in [2.05, 4.69) is 20.6 Å². The van der Waals surface area contributed by atoms with Crippen molar-refractivity contribution >= 4 is 17.5 Å². The molecular weight excluding hydrogens is 433 g/mol. The molecule has 1 amide bonds. The monoisotopic (exact) mass is 453 g/mol. The van der Waals surface area contributed by atoms with Crippen LogP contribution in [0, 0.1) is 5.82 Å². The van der Waals surface area contributed by atoms with Gasteiger partial charge in [-0.1, -0.05) is 30.6 Å². The fourth-order valence-electron chi connectivity index (χ4n) is 3.34. The van der Waals surface area contributed by atoms with Gasteiger partial charge in [0.05, 0.1) is 23.1 Å². The Morgan fingerprint density at radius 3 is 2.44 bits per heavy atom. The minimum atomic E-state index is -0.539. The van der Waals surface area contributed by atoms with Crippen LogP contribution in [0.5, 0.6) is 0 Å². The Kier molecular flexibility index (Phi) is 6.05. The molecule has 4 rings (SSSR count). The van der Waals surface area contributed by atoms with E-state index in [0.29, 0.717) is 22.0 Å². The van der Waals surface area contributed by atoms with E-state index in [-0.39, 0.29) is 23.5 Å². The van der Waals surface area contributed by atoms with Gasteiger partial charge in [-0.15, -0.1) is 0 Å². The number of amides is 1. The molecule has 0 bridgehead atoms. The highest BCUT2D eigenvalue weighted by Crippen LogP contribution is 2.25. The quantitative estimate of drug-likeness (QED) is 0.426. The van der Waals surface area contributed by atoms with Crippen LogP contribution in [0.25, 0.3) is 17.1 Å². The Labute approximate surface area is 189 Å². The molecule has 1 atom stereocenters. The molecule has 1 N–H and O–H groups in total. The summed E-state index contributed by atoms with van der Waals surface area (Å²) in [7, 11) is 0. The molecule has 32 heavy (non-hydrogen) atoms. The zero-order valence-electron chi connectivity index (χ0n) is 17.7. The highest BCUT2D eigenvalue weighted by molar-refractivity contribution is 6.30. The van der Waals surface area contributed by atoms with Crippen LogP contribution in [-0.4, -0.2) is 25.8 Å². The lowest BCUT2D eigenvalue weighted by Gasteiger charge is -2.14. The second-order valence-electron chi connectivity index (χ2n) is 7.64. The van der Waals surface area contributed by atoms with Crippen LogP contribution in [0.4, 0.5) is 4.39 Å². The second kappa shape index (κ2) is 8.92. The SMILES string of the molecule is CC(C)c1c(C(=O)NC(C)c2nc(-c3ccc(F)cc3)no2)cnn1-c1ccc(Cl)cc1. The fraction of sp³-hybridized carbons (Fsp3) is 0.217. The van der Waals surface area contributed by atoms with Crippen molar-refractivity contribution in [1.82, 2.24) is 25.2 Å². The van der Waals surface area contributed by atoms with Crippen LogP contribution in [0.15, 0.2) is 59.3 Å². The zero-order chi connectivity index (χ0) is 22.8. The van der Waals surface area contributed by atoms with Crippen molar-refractivity contribution in [1.29, 1.82) is 0 Å². The van der Waals surface area contributed by atoms with Gasteiger partial charge in [0.25, 0.3) is 5.91 Å². The Bertz CT molecular complexity index is 1230. The summed E-state index contributed by atoms with van der Waals surface area (Å²) in [5.74, 6) is -0.0488. The first-order valence-corrected chi connectivity index (χ1v) is 10.5. The standard InChI is InChI=1S/C23H21ClFN5O2/c1-13(2)20-19(12-26-30(20)18-10-6-16(24)7-11-18)22(31)27-14(3)23-28-21(29-32-23)15-4-8-17(25)9-5-15/h4-14H,1-3H3,(H,27,31). The van der Waals surface area contributed by atoms with Crippen LogP contribution in [0.1, 0.15) is 54.7 Å². The van der Waals surface area contributed by atoms with Gasteiger partial charge >= 0.3 is 0 Å². The molecule has 1 unspecified atom stereocenters. The maximum Gasteiger partial charge on any atom is 0.255 e. The van der Waals surface area contributed by atoms with Crippen molar-refractivity contribution in [3.63, 3.8) is 0 Å². The average molecular weight is 454 g/mol. The van der Waals surface area contributed by atoms with E-state index in [0.717, 1.165) is 11.4 Å². The van der Waals surface area contributed by atoms with Gasteiger partial charge in [-0.3, -0.25) is 4.79 Å². The molecule has 0 radical (unpaired) electrons. The van der Waals surface area contributed by atoms with Gasteiger partial charge in [-0.25, -0.2) is 9.07 Å². The predicted molar refractivity (Wildman–Crippen MR) is 118 cm³/mol. The Morgan fingerprint density at radius 2 is 1.78 bits per heavy atom. The summed E-state index contributed by atoms with van der Waals surface area (Å²) >= 11 is 5.99. The minimum absolute atomic E-state index is 0.0396. The summed E-state index contributed by atoms with van der Waals surface area (Å²) in [5, 5.41) is 11.9. The van der Waals surface area contributed by atoms with E-state index in [9.17, 15) is 9.18 Å². The molecule has 4 aromatic rings. The van der Waals surface area contributed by atoms with Crippen LogP contribution >= 0.6 is 11.6 Å². The van der Waals surface area contributed by atoms with Gasteiger partial charge in [0.15, 0.2) is 0 Å². The van der Waals surface area contributed by atoms with E-state index in [1.165, 1.54) is 12.1 Å². The van der Waals surface area contributed by atoms with E-state index >= 15 is 0 Å². The number of nitrogens with one attached hydrogen (secondary N) is 1. The maximum absolute atomic E-state index is 13.1. The first-order valence-electron chi connectivity index (χ1n) is 10.1. The van der Waals surface area contributed by atoms with E-state index < -0.39 is 6.04 Å². The summed E-state index contributed by atoms with van der Waals surface area (Å²) < 4.78 is 20.2. The van der Waals surface area contributed by atoms with Gasteiger partial charge in [-0.05, 0) is 61.4 Å². The van der Waals surface area contributed by atoms with Gasteiger partial charge in [0.2, 0.25) is 11.7 Å². The molecular formula is C23H21ClFN5O2. The van der Waals surface area contributed by atoms with Crippen molar-refractivity contribution in [2.45, 2.75) is 32.7 Å². The normalized spacial score (nSPS) is 12.2. The number of carbonyl (C=O) groups excluding carboxylic acids is 1. The fourth-order valence-corrected chi connectivity index (χ4v) is 3.47. The molecule has 9 heteroatoms. The number of hydrogen-bond acceptors (Lipinski definition) is 5. The molecule has 0 spiro atoms. The third kappa shape index (κ3) is 4.40. The highest BCUT2D eigenvalue weighted by Gasteiger charge is 2.24. The molecule has 2 aromatic carbocycles.